The van der Waals surface area contributed by atoms with Crippen molar-refractivity contribution < 1.29 is 9.53 Å². The summed E-state index contributed by atoms with van der Waals surface area (Å²) in [5.41, 5.74) is 6.88. The van der Waals surface area contributed by atoms with Gasteiger partial charge in [-0.25, -0.2) is 0 Å². The van der Waals surface area contributed by atoms with Crippen molar-refractivity contribution in [3.8, 4) is 0 Å². The number of hydrogen-bond donors (Lipinski definition) is 2. The number of ether oxygens (including phenoxy) is 1. The Morgan fingerprint density at radius 1 is 1.38 bits per heavy atom. The van der Waals surface area contributed by atoms with E-state index in [1.54, 1.807) is 30.4 Å². The number of rotatable bonds is 6. The highest BCUT2D eigenvalue weighted by atomic mass is 32.1. The smallest absolute Gasteiger partial charge is 0.253 e. The van der Waals surface area contributed by atoms with Crippen LogP contribution in [0, 0.1) is 0 Å². The maximum atomic E-state index is 12.1. The van der Waals surface area contributed by atoms with E-state index in [1.807, 2.05) is 29.6 Å². The predicted molar refractivity (Wildman–Crippen MR) is 89.5 cm³/mol. The highest BCUT2D eigenvalue weighted by Crippen LogP contribution is 2.16. The molecule has 4 nitrogen and oxygen atoms in total. The molecule has 3 N–H and O–H groups in total. The molecule has 1 aromatic heterocycles. The van der Waals surface area contributed by atoms with Crippen LogP contribution in [0.4, 0.5) is 5.69 Å². The van der Waals surface area contributed by atoms with Crippen LogP contribution in [-0.2, 0) is 16.1 Å². The fraction of sp³-hybridized carbons (Fsp3) is 0.200. The molecule has 1 heterocycles. The number of thiophene rings is 1. The van der Waals surface area contributed by atoms with Crippen LogP contribution in [0.1, 0.15) is 17.4 Å². The zero-order chi connectivity index (χ0) is 15.2. The van der Waals surface area contributed by atoms with Crippen LogP contribution in [0.3, 0.4) is 0 Å². The van der Waals surface area contributed by atoms with E-state index in [0.717, 1.165) is 4.88 Å². The van der Waals surface area contributed by atoms with Crippen molar-refractivity contribution in [1.82, 2.24) is 0 Å². The van der Waals surface area contributed by atoms with Crippen molar-refractivity contribution in [2.24, 2.45) is 5.73 Å². The minimum atomic E-state index is -0.563. The number of carbonyl (C=O) groups excluding carboxylic acids is 1. The van der Waals surface area contributed by atoms with Crippen LogP contribution in [0.15, 0.2) is 41.8 Å². The first-order valence-corrected chi connectivity index (χ1v) is 7.70. The Labute approximate surface area is 132 Å². The maximum Gasteiger partial charge on any atom is 0.253 e. The second-order valence-corrected chi connectivity index (χ2v) is 5.90. The van der Waals surface area contributed by atoms with Crippen LogP contribution in [0.5, 0.6) is 0 Å². The number of benzene rings is 1. The third-order valence-electron chi connectivity index (χ3n) is 2.88. The van der Waals surface area contributed by atoms with Gasteiger partial charge < -0.3 is 15.8 Å². The fourth-order valence-electron chi connectivity index (χ4n) is 1.72. The third kappa shape index (κ3) is 4.35. The van der Waals surface area contributed by atoms with Gasteiger partial charge in [-0.15, -0.1) is 11.3 Å². The second kappa shape index (κ2) is 7.31. The van der Waals surface area contributed by atoms with Gasteiger partial charge in [-0.2, -0.15) is 0 Å². The highest BCUT2D eigenvalue weighted by Gasteiger charge is 2.15. The van der Waals surface area contributed by atoms with Crippen LogP contribution in [0.2, 0.25) is 0 Å². The van der Waals surface area contributed by atoms with Crippen LogP contribution in [0.25, 0.3) is 0 Å². The van der Waals surface area contributed by atoms with E-state index in [4.69, 9.17) is 22.7 Å². The molecule has 0 saturated carbocycles. The molecular weight excluding hydrogens is 304 g/mol. The quantitative estimate of drug-likeness (QED) is 0.803. The zero-order valence-corrected chi connectivity index (χ0v) is 13.2. The zero-order valence-electron chi connectivity index (χ0n) is 11.5. The molecule has 0 aliphatic carbocycles. The number of thiocarbonyl (C=S) groups is 1. The number of anilines is 1. The Bertz CT molecular complexity index is 626. The van der Waals surface area contributed by atoms with E-state index in [9.17, 15) is 4.79 Å². The van der Waals surface area contributed by atoms with Gasteiger partial charge in [-0.3, -0.25) is 4.79 Å². The lowest BCUT2D eigenvalue weighted by atomic mass is 10.1. The molecule has 1 aromatic carbocycles. The highest BCUT2D eigenvalue weighted by molar-refractivity contribution is 7.80. The topological polar surface area (TPSA) is 64.3 Å². The summed E-state index contributed by atoms with van der Waals surface area (Å²) in [6, 6.07) is 11.1. The summed E-state index contributed by atoms with van der Waals surface area (Å²) in [5, 5.41) is 4.77. The summed E-state index contributed by atoms with van der Waals surface area (Å²) in [7, 11) is 0. The minimum Gasteiger partial charge on any atom is -0.389 e. The molecule has 110 valence electrons. The first-order valence-electron chi connectivity index (χ1n) is 6.41. The van der Waals surface area contributed by atoms with Crippen molar-refractivity contribution in [3.05, 3.63) is 52.2 Å². The van der Waals surface area contributed by atoms with Gasteiger partial charge in [0.15, 0.2) is 0 Å². The van der Waals surface area contributed by atoms with Crippen molar-refractivity contribution in [2.75, 3.05) is 5.32 Å². The van der Waals surface area contributed by atoms with Crippen LogP contribution < -0.4 is 11.1 Å². The van der Waals surface area contributed by atoms with Crippen LogP contribution in [-0.4, -0.2) is 17.0 Å². The van der Waals surface area contributed by atoms with E-state index in [0.29, 0.717) is 17.9 Å². The maximum absolute atomic E-state index is 12.1. The van der Waals surface area contributed by atoms with Gasteiger partial charge in [0.1, 0.15) is 11.1 Å². The third-order valence-corrected chi connectivity index (χ3v) is 3.95. The minimum absolute atomic E-state index is 0.227. The summed E-state index contributed by atoms with van der Waals surface area (Å²) in [4.78, 5) is 13.5. The lowest BCUT2D eigenvalue weighted by Crippen LogP contribution is -2.28. The largest absolute Gasteiger partial charge is 0.389 e. The molecule has 0 saturated heterocycles. The van der Waals surface area contributed by atoms with Crippen molar-refractivity contribution in [1.29, 1.82) is 0 Å². The molecule has 0 spiro atoms. The average molecular weight is 320 g/mol. The van der Waals surface area contributed by atoms with Gasteiger partial charge in [-0.1, -0.05) is 30.4 Å². The average Bonchev–Trinajstić information content (AvgIpc) is 2.98. The summed E-state index contributed by atoms with van der Waals surface area (Å²) in [6.07, 6.45) is -0.563. The Morgan fingerprint density at radius 3 is 2.81 bits per heavy atom. The molecule has 2 aromatic rings. The number of hydrogen-bond acceptors (Lipinski definition) is 4. The van der Waals surface area contributed by atoms with E-state index in [2.05, 4.69) is 5.32 Å². The lowest BCUT2D eigenvalue weighted by Gasteiger charge is -2.14. The second-order valence-electron chi connectivity index (χ2n) is 4.43. The molecular formula is C15H16N2O2S2. The van der Waals surface area contributed by atoms with Crippen LogP contribution >= 0.6 is 23.6 Å². The molecule has 6 heteroatoms. The van der Waals surface area contributed by atoms with Gasteiger partial charge in [0.25, 0.3) is 5.91 Å². The van der Waals surface area contributed by atoms with Gasteiger partial charge >= 0.3 is 0 Å². The lowest BCUT2D eigenvalue weighted by molar-refractivity contribution is -0.127. The van der Waals surface area contributed by atoms with Crippen molar-refractivity contribution >= 4 is 40.1 Å². The number of para-hydroxylation sites is 1. The normalized spacial score (nSPS) is 11.9. The SMILES string of the molecule is CC(OCc1cccs1)C(=O)Nc1ccccc1C(N)=S. The molecule has 0 aliphatic heterocycles. The van der Waals surface area contributed by atoms with E-state index >= 15 is 0 Å². The Morgan fingerprint density at radius 2 is 2.14 bits per heavy atom. The van der Waals surface area contributed by atoms with E-state index in [-0.39, 0.29) is 10.9 Å². The van der Waals surface area contributed by atoms with Crippen molar-refractivity contribution in [3.63, 3.8) is 0 Å². The molecule has 0 fully saturated rings. The number of nitrogens with one attached hydrogen (secondary N) is 1. The molecule has 0 bridgehead atoms. The van der Waals surface area contributed by atoms with Crippen molar-refractivity contribution in [2.45, 2.75) is 19.6 Å². The first kappa shape index (κ1) is 15.6. The Hall–Kier alpha value is -1.76. The first-order chi connectivity index (χ1) is 10.1. The summed E-state index contributed by atoms with van der Waals surface area (Å²) in [6.45, 7) is 2.13. The van der Waals surface area contributed by atoms with Gasteiger partial charge in [0.05, 0.1) is 12.3 Å². The molecule has 1 amide bonds. The molecule has 1 unspecified atom stereocenters. The van der Waals surface area contributed by atoms with Gasteiger partial charge in [-0.05, 0) is 30.5 Å². The standard InChI is InChI=1S/C15H16N2O2S2/c1-10(19-9-11-5-4-8-21-11)15(18)17-13-7-3-2-6-12(13)14(16)20/h2-8,10H,9H2,1H3,(H2,16,20)(H,17,18). The summed E-state index contributed by atoms with van der Waals surface area (Å²) < 4.78 is 5.55. The summed E-state index contributed by atoms with van der Waals surface area (Å²) in [5.74, 6) is -0.227. The molecule has 2 rings (SSSR count). The molecule has 1 atom stereocenters. The van der Waals surface area contributed by atoms with E-state index in [1.165, 1.54) is 0 Å². The van der Waals surface area contributed by atoms with E-state index < -0.39 is 6.10 Å². The number of carbonyl (C=O) groups is 1. The predicted octanol–water partition coefficient (Wildman–Crippen LogP) is 2.93. The summed E-state index contributed by atoms with van der Waals surface area (Å²) >= 11 is 6.57. The van der Waals surface area contributed by atoms with Gasteiger partial charge in [0, 0.05) is 10.4 Å². The molecule has 0 aliphatic rings. The number of nitrogens with two attached hydrogens (primary N) is 1. The Balaban J connectivity index is 1.96. The monoisotopic (exact) mass is 320 g/mol. The Kier molecular flexibility index (Phi) is 5.44. The molecule has 0 radical (unpaired) electrons. The van der Waals surface area contributed by atoms with Gasteiger partial charge in [0.2, 0.25) is 0 Å². The fourth-order valence-corrected chi connectivity index (χ4v) is 2.52. The molecule has 21 heavy (non-hydrogen) atoms. The number of amides is 1.